The van der Waals surface area contributed by atoms with Gasteiger partial charge in [-0.2, -0.15) is 0 Å². The minimum absolute atomic E-state index is 0.195. The van der Waals surface area contributed by atoms with Crippen molar-refractivity contribution in [3.05, 3.63) is 0 Å². The van der Waals surface area contributed by atoms with Crippen molar-refractivity contribution in [3.63, 3.8) is 0 Å². The number of carbonyl (C=O) groups is 1. The molecule has 0 spiro atoms. The Bertz CT molecular complexity index is 151. The van der Waals surface area contributed by atoms with Crippen molar-refractivity contribution >= 4 is 6.03 Å². The molecule has 0 radical (unpaired) electrons. The number of methoxy groups -OCH3 is 1. The van der Waals surface area contributed by atoms with E-state index in [1.807, 2.05) is 6.92 Å². The molecule has 2 N–H and O–H groups in total. The maximum Gasteiger partial charge on any atom is 0.316 e. The molecule has 0 aliphatic rings. The van der Waals surface area contributed by atoms with Crippen LogP contribution in [0.3, 0.4) is 0 Å². The molecule has 0 bridgehead atoms. The molecular weight excluding hydrogens is 212 g/mol. The molecule has 0 atom stereocenters. The normalized spacial score (nSPS) is 10.1. The summed E-state index contributed by atoms with van der Waals surface area (Å²) in [6, 6.07) is -0.228. The van der Waals surface area contributed by atoms with Gasteiger partial charge < -0.3 is 24.8 Å². The number of urea groups is 1. The predicted molar refractivity (Wildman–Crippen MR) is 60.3 cm³/mol. The van der Waals surface area contributed by atoms with E-state index in [0.717, 1.165) is 6.42 Å². The van der Waals surface area contributed by atoms with Crippen molar-refractivity contribution in [1.82, 2.24) is 10.6 Å². The molecule has 6 heteroatoms. The van der Waals surface area contributed by atoms with Crippen LogP contribution in [0, 0.1) is 0 Å². The van der Waals surface area contributed by atoms with Gasteiger partial charge in [0.25, 0.3) is 0 Å². The van der Waals surface area contributed by atoms with Crippen LogP contribution in [0.1, 0.15) is 13.3 Å². The van der Waals surface area contributed by atoms with Crippen molar-refractivity contribution < 1.29 is 19.0 Å². The number of rotatable bonds is 10. The summed E-state index contributed by atoms with van der Waals surface area (Å²) < 4.78 is 15.0. The molecule has 16 heavy (non-hydrogen) atoms. The Hall–Kier alpha value is -0.850. The fraction of sp³-hybridized carbons (Fsp3) is 0.900. The third-order valence-corrected chi connectivity index (χ3v) is 1.72. The van der Waals surface area contributed by atoms with Crippen LogP contribution in [-0.4, -0.2) is 52.8 Å². The highest BCUT2D eigenvalue weighted by molar-refractivity contribution is 5.73. The average Bonchev–Trinajstić information content (AvgIpc) is 2.28. The van der Waals surface area contributed by atoms with Crippen LogP contribution >= 0.6 is 0 Å². The Morgan fingerprint density at radius 1 is 1.12 bits per heavy atom. The van der Waals surface area contributed by atoms with E-state index < -0.39 is 0 Å². The van der Waals surface area contributed by atoms with E-state index in [4.69, 9.17) is 14.2 Å². The Kier molecular flexibility index (Phi) is 11.6. The van der Waals surface area contributed by atoms with Crippen molar-refractivity contribution in [3.8, 4) is 0 Å². The molecule has 0 aliphatic carbocycles. The first-order valence-electron chi connectivity index (χ1n) is 5.47. The van der Waals surface area contributed by atoms with Crippen LogP contribution in [0.5, 0.6) is 0 Å². The quantitative estimate of drug-likeness (QED) is 0.422. The van der Waals surface area contributed by atoms with Gasteiger partial charge in [0.05, 0.1) is 13.2 Å². The van der Waals surface area contributed by atoms with Crippen molar-refractivity contribution in [2.75, 3.05) is 46.8 Å². The molecule has 0 unspecified atom stereocenters. The van der Waals surface area contributed by atoms with Gasteiger partial charge in [-0.25, -0.2) is 4.79 Å². The van der Waals surface area contributed by atoms with Crippen LogP contribution in [0.4, 0.5) is 4.79 Å². The minimum Gasteiger partial charge on any atom is -0.382 e. The number of hydrogen-bond acceptors (Lipinski definition) is 4. The standard InChI is InChI=1S/C10H22N2O4/c1-3-15-6-4-5-11-10(13)12-9-16-8-7-14-2/h3-9H2,1-2H3,(H2,11,12,13). The molecule has 0 aromatic rings. The first-order valence-corrected chi connectivity index (χ1v) is 5.47. The van der Waals surface area contributed by atoms with Crippen LogP contribution in [0.15, 0.2) is 0 Å². The molecule has 0 aromatic heterocycles. The summed E-state index contributed by atoms with van der Waals surface area (Å²) in [4.78, 5) is 11.1. The average molecular weight is 234 g/mol. The van der Waals surface area contributed by atoms with E-state index in [0.29, 0.717) is 33.0 Å². The fourth-order valence-corrected chi connectivity index (χ4v) is 0.914. The number of ether oxygens (including phenoxy) is 3. The summed E-state index contributed by atoms with van der Waals surface area (Å²) in [5.74, 6) is 0. The van der Waals surface area contributed by atoms with Gasteiger partial charge in [-0.15, -0.1) is 0 Å². The summed E-state index contributed by atoms with van der Waals surface area (Å²) in [6.45, 7) is 5.11. The molecule has 0 fully saturated rings. The second-order valence-corrected chi connectivity index (χ2v) is 3.03. The summed E-state index contributed by atoms with van der Waals surface area (Å²) in [7, 11) is 1.60. The molecule has 0 heterocycles. The van der Waals surface area contributed by atoms with Gasteiger partial charge in [-0.1, -0.05) is 0 Å². The largest absolute Gasteiger partial charge is 0.382 e. The molecule has 96 valence electrons. The monoisotopic (exact) mass is 234 g/mol. The zero-order valence-electron chi connectivity index (χ0n) is 10.1. The topological polar surface area (TPSA) is 68.8 Å². The SMILES string of the molecule is CCOCCCNC(=O)NCOCCOC. The molecule has 6 nitrogen and oxygen atoms in total. The van der Waals surface area contributed by atoms with Crippen molar-refractivity contribution in [1.29, 1.82) is 0 Å². The van der Waals surface area contributed by atoms with Crippen LogP contribution in [0.25, 0.3) is 0 Å². The molecule has 2 amide bonds. The maximum absolute atomic E-state index is 11.1. The molecule has 0 aliphatic heterocycles. The number of hydrogen-bond donors (Lipinski definition) is 2. The van der Waals surface area contributed by atoms with Crippen LogP contribution < -0.4 is 10.6 Å². The number of amides is 2. The number of carbonyl (C=O) groups excluding carboxylic acids is 1. The third-order valence-electron chi connectivity index (χ3n) is 1.72. The Balaban J connectivity index is 3.12. The van der Waals surface area contributed by atoms with Gasteiger partial charge in [-0.05, 0) is 13.3 Å². The van der Waals surface area contributed by atoms with Crippen molar-refractivity contribution in [2.45, 2.75) is 13.3 Å². The Morgan fingerprint density at radius 3 is 2.62 bits per heavy atom. The highest BCUT2D eigenvalue weighted by Gasteiger charge is 1.97. The zero-order valence-corrected chi connectivity index (χ0v) is 10.1. The van der Waals surface area contributed by atoms with Gasteiger partial charge in [0.1, 0.15) is 6.73 Å². The van der Waals surface area contributed by atoms with Gasteiger partial charge >= 0.3 is 6.03 Å². The van der Waals surface area contributed by atoms with Gasteiger partial charge in [0, 0.05) is 26.9 Å². The zero-order chi connectivity index (χ0) is 12.1. The van der Waals surface area contributed by atoms with Crippen LogP contribution in [-0.2, 0) is 14.2 Å². The minimum atomic E-state index is -0.228. The summed E-state index contributed by atoms with van der Waals surface area (Å²) in [6.07, 6.45) is 0.811. The molecule has 0 saturated carbocycles. The summed E-state index contributed by atoms with van der Waals surface area (Å²) >= 11 is 0. The number of nitrogens with one attached hydrogen (secondary N) is 2. The van der Waals surface area contributed by atoms with Gasteiger partial charge in [0.15, 0.2) is 0 Å². The van der Waals surface area contributed by atoms with E-state index in [1.165, 1.54) is 0 Å². The smallest absolute Gasteiger partial charge is 0.316 e. The highest BCUT2D eigenvalue weighted by atomic mass is 16.5. The summed E-state index contributed by atoms with van der Waals surface area (Å²) in [5, 5.41) is 5.25. The summed E-state index contributed by atoms with van der Waals surface area (Å²) in [5.41, 5.74) is 0. The second-order valence-electron chi connectivity index (χ2n) is 3.03. The van der Waals surface area contributed by atoms with E-state index in [1.54, 1.807) is 7.11 Å². The lowest BCUT2D eigenvalue weighted by Crippen LogP contribution is -2.37. The molecule has 0 aromatic carbocycles. The first kappa shape index (κ1) is 15.2. The molecular formula is C10H22N2O4. The van der Waals surface area contributed by atoms with E-state index in [9.17, 15) is 4.79 Å². The highest BCUT2D eigenvalue weighted by Crippen LogP contribution is 1.80. The lowest BCUT2D eigenvalue weighted by molar-refractivity contribution is 0.0642. The molecule has 0 saturated heterocycles. The van der Waals surface area contributed by atoms with E-state index in [2.05, 4.69) is 10.6 Å². The Morgan fingerprint density at radius 2 is 1.94 bits per heavy atom. The van der Waals surface area contributed by atoms with Gasteiger partial charge in [0.2, 0.25) is 0 Å². The van der Waals surface area contributed by atoms with Crippen LogP contribution in [0.2, 0.25) is 0 Å². The van der Waals surface area contributed by atoms with E-state index in [-0.39, 0.29) is 12.8 Å². The third kappa shape index (κ3) is 11.2. The Labute approximate surface area is 96.6 Å². The first-order chi connectivity index (χ1) is 7.81. The lowest BCUT2D eigenvalue weighted by atomic mass is 10.4. The molecule has 0 rings (SSSR count). The van der Waals surface area contributed by atoms with Gasteiger partial charge in [-0.3, -0.25) is 0 Å². The van der Waals surface area contributed by atoms with E-state index >= 15 is 0 Å². The second kappa shape index (κ2) is 12.2. The maximum atomic E-state index is 11.1. The lowest BCUT2D eigenvalue weighted by Gasteiger charge is -2.08. The van der Waals surface area contributed by atoms with Crippen molar-refractivity contribution in [2.24, 2.45) is 0 Å². The predicted octanol–water partition coefficient (Wildman–Crippen LogP) is 0.333. The fourth-order valence-electron chi connectivity index (χ4n) is 0.914.